The van der Waals surface area contributed by atoms with Crippen LogP contribution in [0, 0.1) is 0 Å². The predicted molar refractivity (Wildman–Crippen MR) is 111 cm³/mol. The lowest BCUT2D eigenvalue weighted by Crippen LogP contribution is -2.00. The van der Waals surface area contributed by atoms with E-state index in [1.807, 2.05) is 42.5 Å². The van der Waals surface area contributed by atoms with Crippen molar-refractivity contribution in [2.45, 2.75) is 0 Å². The number of benzene rings is 2. The van der Waals surface area contributed by atoms with Crippen molar-refractivity contribution in [3.63, 3.8) is 0 Å². The molecule has 4 aromatic heterocycles. The Balaban J connectivity index is 1.35. The fraction of sp³-hybridized carbons (Fsp3) is 0. The van der Waals surface area contributed by atoms with Gasteiger partial charge in [0.15, 0.2) is 17.2 Å². The van der Waals surface area contributed by atoms with E-state index in [0.717, 1.165) is 38.6 Å². The van der Waals surface area contributed by atoms with Gasteiger partial charge in [-0.25, -0.2) is 0 Å². The second-order valence-corrected chi connectivity index (χ2v) is 6.65. The molecule has 4 heterocycles. The molecular weight excluding hydrogens is 368 g/mol. The molecule has 0 saturated carbocycles. The summed E-state index contributed by atoms with van der Waals surface area (Å²) in [4.78, 5) is 0. The molecule has 0 aliphatic rings. The molecule has 0 radical (unpaired) electrons. The molecule has 9 heteroatoms. The van der Waals surface area contributed by atoms with Crippen LogP contribution in [0.1, 0.15) is 0 Å². The molecule has 0 saturated heterocycles. The zero-order valence-electron chi connectivity index (χ0n) is 15.0. The molecule has 0 unspecified atom stereocenters. The molecule has 9 nitrogen and oxygen atoms in total. The van der Waals surface area contributed by atoms with Crippen LogP contribution in [0.5, 0.6) is 0 Å². The molecular formula is C20H14N8O. The maximum absolute atomic E-state index is 5.69. The van der Waals surface area contributed by atoms with Gasteiger partial charge in [-0.3, -0.25) is 10.2 Å². The number of furan rings is 1. The van der Waals surface area contributed by atoms with Crippen molar-refractivity contribution in [3.8, 4) is 0 Å². The molecule has 0 atom stereocenters. The molecule has 0 aliphatic heterocycles. The lowest BCUT2D eigenvalue weighted by atomic mass is 10.2. The minimum Gasteiger partial charge on any atom is -0.460 e. The summed E-state index contributed by atoms with van der Waals surface area (Å²) < 4.78 is 5.69. The van der Waals surface area contributed by atoms with Crippen molar-refractivity contribution < 1.29 is 4.42 Å². The number of nitrogens with zero attached hydrogens (tertiary/aromatic N) is 4. The van der Waals surface area contributed by atoms with Crippen LogP contribution >= 0.6 is 0 Å². The monoisotopic (exact) mass is 382 g/mol. The summed E-state index contributed by atoms with van der Waals surface area (Å²) in [6, 6.07) is 13.7. The summed E-state index contributed by atoms with van der Waals surface area (Å²) in [5.41, 5.74) is 4.33. The van der Waals surface area contributed by atoms with E-state index in [1.165, 1.54) is 0 Å². The van der Waals surface area contributed by atoms with Crippen molar-refractivity contribution in [2.75, 3.05) is 10.6 Å². The number of hydrogen-bond acceptors (Lipinski definition) is 7. The average Bonchev–Trinajstić information content (AvgIpc) is 3.49. The van der Waals surface area contributed by atoms with Gasteiger partial charge in [0.2, 0.25) is 0 Å². The highest BCUT2D eigenvalue weighted by molar-refractivity contribution is 5.97. The zero-order chi connectivity index (χ0) is 19.2. The Morgan fingerprint density at radius 2 is 1.34 bits per heavy atom. The topological polar surface area (TPSA) is 120 Å². The second kappa shape index (κ2) is 6.06. The van der Waals surface area contributed by atoms with E-state index in [-0.39, 0.29) is 0 Å². The quantitative estimate of drug-likeness (QED) is 0.355. The van der Waals surface area contributed by atoms with E-state index in [4.69, 9.17) is 4.42 Å². The van der Waals surface area contributed by atoms with Gasteiger partial charge in [0.05, 0.1) is 35.1 Å². The molecule has 29 heavy (non-hydrogen) atoms. The van der Waals surface area contributed by atoms with Gasteiger partial charge in [-0.05, 0) is 42.5 Å². The van der Waals surface area contributed by atoms with Crippen molar-refractivity contribution in [1.82, 2.24) is 30.6 Å². The number of H-pyrrole nitrogens is 2. The van der Waals surface area contributed by atoms with Crippen LogP contribution in [0.15, 0.2) is 65.5 Å². The second-order valence-electron chi connectivity index (χ2n) is 6.65. The van der Waals surface area contributed by atoms with E-state index in [9.17, 15) is 0 Å². The lowest BCUT2D eigenvalue weighted by Gasteiger charge is -2.09. The zero-order valence-corrected chi connectivity index (χ0v) is 15.0. The molecule has 140 valence electrons. The third-order valence-corrected chi connectivity index (χ3v) is 4.79. The molecule has 2 aromatic carbocycles. The Labute approximate surface area is 163 Å². The maximum atomic E-state index is 5.69. The molecule has 6 rings (SSSR count). The van der Waals surface area contributed by atoms with Gasteiger partial charge in [-0.1, -0.05) is 0 Å². The Bertz CT molecular complexity index is 1370. The number of fused-ring (bicyclic) bond motifs is 3. The van der Waals surface area contributed by atoms with Gasteiger partial charge in [-0.2, -0.15) is 10.2 Å². The lowest BCUT2D eigenvalue weighted by molar-refractivity contribution is 0.615. The van der Waals surface area contributed by atoms with Crippen LogP contribution < -0.4 is 10.6 Å². The Hall–Kier alpha value is -4.40. The van der Waals surface area contributed by atoms with Gasteiger partial charge >= 0.3 is 0 Å². The molecule has 0 fully saturated rings. The number of rotatable bonds is 4. The highest BCUT2D eigenvalue weighted by Crippen LogP contribution is 2.31. The summed E-state index contributed by atoms with van der Waals surface area (Å²) >= 11 is 0. The van der Waals surface area contributed by atoms with E-state index in [0.29, 0.717) is 17.2 Å². The summed E-state index contributed by atoms with van der Waals surface area (Å²) in [6.07, 6.45) is 5.19. The highest BCUT2D eigenvalue weighted by Gasteiger charge is 2.13. The maximum Gasteiger partial charge on any atom is 0.197 e. The first-order valence-corrected chi connectivity index (χ1v) is 8.98. The largest absolute Gasteiger partial charge is 0.460 e. The average molecular weight is 382 g/mol. The van der Waals surface area contributed by atoms with E-state index in [2.05, 4.69) is 41.2 Å². The number of aromatic nitrogens is 6. The predicted octanol–water partition coefficient (Wildman–Crippen LogP) is 4.46. The molecule has 0 spiro atoms. The van der Waals surface area contributed by atoms with E-state index >= 15 is 0 Å². The number of aromatic amines is 2. The number of anilines is 4. The van der Waals surface area contributed by atoms with Gasteiger partial charge in [0, 0.05) is 22.1 Å². The minimum absolute atomic E-state index is 0.545. The molecule has 4 N–H and O–H groups in total. The summed E-state index contributed by atoms with van der Waals surface area (Å²) in [7, 11) is 0. The SMILES string of the molecule is c1cc2c(Nc3ccc4[nH]ncc4c3)nnc(Nc3ccc4[nH]ncc4c3)c2o1. The number of nitrogens with one attached hydrogen (secondary N) is 4. The van der Waals surface area contributed by atoms with E-state index < -0.39 is 0 Å². The summed E-state index contributed by atoms with van der Waals surface area (Å²) in [5.74, 6) is 1.16. The first kappa shape index (κ1) is 15.6. The standard InChI is InChI=1S/C20H14N8O/c1-3-16-11(9-21-25-16)7-13(1)23-19-15-5-6-29-18(15)20(28-27-19)24-14-2-4-17-12(8-14)10-22-26-17/h1-10H,(H,21,25)(H,22,26)(H,23,27)(H,24,28). The van der Waals surface area contributed by atoms with Crippen LogP contribution in [0.2, 0.25) is 0 Å². The van der Waals surface area contributed by atoms with Crippen molar-refractivity contribution in [1.29, 1.82) is 0 Å². The first-order valence-electron chi connectivity index (χ1n) is 8.98. The third-order valence-electron chi connectivity index (χ3n) is 4.79. The van der Waals surface area contributed by atoms with Crippen molar-refractivity contribution in [2.24, 2.45) is 0 Å². The Kier molecular flexibility index (Phi) is 3.27. The van der Waals surface area contributed by atoms with Crippen molar-refractivity contribution in [3.05, 3.63) is 61.1 Å². The third kappa shape index (κ3) is 2.64. The van der Waals surface area contributed by atoms with Crippen molar-refractivity contribution >= 4 is 55.8 Å². The van der Waals surface area contributed by atoms with Crippen LogP contribution in [0.25, 0.3) is 32.8 Å². The van der Waals surface area contributed by atoms with Crippen LogP contribution in [0.4, 0.5) is 23.0 Å². The Morgan fingerprint density at radius 1 is 0.724 bits per heavy atom. The summed E-state index contributed by atoms with van der Waals surface area (Å²) in [6.45, 7) is 0. The van der Waals surface area contributed by atoms with Gasteiger partial charge < -0.3 is 15.1 Å². The van der Waals surface area contributed by atoms with Crippen LogP contribution in [0.3, 0.4) is 0 Å². The molecule has 0 amide bonds. The van der Waals surface area contributed by atoms with Gasteiger partial charge in [-0.15, -0.1) is 10.2 Å². The normalized spacial score (nSPS) is 11.4. The summed E-state index contributed by atoms with van der Waals surface area (Å²) in [5, 5.41) is 32.1. The first-order chi connectivity index (χ1) is 14.3. The highest BCUT2D eigenvalue weighted by atomic mass is 16.3. The molecule has 0 aliphatic carbocycles. The van der Waals surface area contributed by atoms with Crippen LogP contribution in [-0.4, -0.2) is 30.6 Å². The fourth-order valence-corrected chi connectivity index (χ4v) is 3.37. The smallest absolute Gasteiger partial charge is 0.197 e. The van der Waals surface area contributed by atoms with Gasteiger partial charge in [0.1, 0.15) is 0 Å². The Morgan fingerprint density at radius 3 is 2.03 bits per heavy atom. The van der Waals surface area contributed by atoms with Gasteiger partial charge in [0.25, 0.3) is 0 Å². The molecule has 6 aromatic rings. The minimum atomic E-state index is 0.545. The fourth-order valence-electron chi connectivity index (χ4n) is 3.37. The number of hydrogen-bond donors (Lipinski definition) is 4. The molecule has 0 bridgehead atoms. The van der Waals surface area contributed by atoms with Crippen LogP contribution in [-0.2, 0) is 0 Å². The van der Waals surface area contributed by atoms with E-state index in [1.54, 1.807) is 18.7 Å².